The zero-order valence-corrected chi connectivity index (χ0v) is 16.8. The molecule has 1 aliphatic rings. The lowest BCUT2D eigenvalue weighted by Gasteiger charge is -2.25. The molecule has 0 saturated carbocycles. The van der Waals surface area contributed by atoms with Crippen molar-refractivity contribution in [3.63, 3.8) is 0 Å². The first-order valence-electron chi connectivity index (χ1n) is 8.15. The van der Waals surface area contributed by atoms with E-state index >= 15 is 0 Å². The van der Waals surface area contributed by atoms with Gasteiger partial charge in [-0.25, -0.2) is 4.39 Å². The van der Waals surface area contributed by atoms with Gasteiger partial charge in [0.15, 0.2) is 5.96 Å². The summed E-state index contributed by atoms with van der Waals surface area (Å²) in [5, 5.41) is 6.51. The third-order valence-electron chi connectivity index (χ3n) is 4.21. The maximum Gasteiger partial charge on any atom is 0.191 e. The van der Waals surface area contributed by atoms with Crippen LogP contribution in [0.3, 0.4) is 0 Å². The standard InChI is InChI=1S/C17H27FN4O.HI/c1-19-17(20-12-14-6-3-4-8-16(14)18)21-13-15-7-5-9-22(15)10-11-23-2;/h3-4,6,8,15H,5,7,9-13H2,1-2H3,(H2,19,20,21);1H. The normalized spacial score (nSPS) is 18.3. The Kier molecular flexibility index (Phi) is 10.2. The number of hydrogen-bond donors (Lipinski definition) is 2. The fourth-order valence-corrected chi connectivity index (χ4v) is 2.89. The van der Waals surface area contributed by atoms with Crippen molar-refractivity contribution in [1.82, 2.24) is 15.5 Å². The first-order chi connectivity index (χ1) is 11.2. The third-order valence-corrected chi connectivity index (χ3v) is 4.21. The van der Waals surface area contributed by atoms with Gasteiger partial charge in [-0.15, -0.1) is 24.0 Å². The highest BCUT2D eigenvalue weighted by Crippen LogP contribution is 2.15. The maximum atomic E-state index is 13.6. The highest BCUT2D eigenvalue weighted by molar-refractivity contribution is 14.0. The molecule has 1 aromatic rings. The Morgan fingerprint density at radius 1 is 1.38 bits per heavy atom. The third kappa shape index (κ3) is 6.52. The van der Waals surface area contributed by atoms with E-state index in [1.807, 2.05) is 6.07 Å². The van der Waals surface area contributed by atoms with Gasteiger partial charge in [-0.05, 0) is 25.5 Å². The SMILES string of the molecule is CN=C(NCc1ccccc1F)NCC1CCCN1CCOC.I. The second kappa shape index (κ2) is 11.6. The highest BCUT2D eigenvalue weighted by Gasteiger charge is 2.23. The van der Waals surface area contributed by atoms with Gasteiger partial charge in [0.25, 0.3) is 0 Å². The Hall–Kier alpha value is -0.930. The van der Waals surface area contributed by atoms with E-state index in [0.717, 1.165) is 26.2 Å². The maximum absolute atomic E-state index is 13.6. The van der Waals surface area contributed by atoms with Gasteiger partial charge >= 0.3 is 0 Å². The van der Waals surface area contributed by atoms with Crippen molar-refractivity contribution >= 4 is 29.9 Å². The van der Waals surface area contributed by atoms with Crippen molar-refractivity contribution < 1.29 is 9.13 Å². The molecule has 2 N–H and O–H groups in total. The number of guanidine groups is 1. The summed E-state index contributed by atoms with van der Waals surface area (Å²) in [5.41, 5.74) is 0.637. The summed E-state index contributed by atoms with van der Waals surface area (Å²) in [7, 11) is 3.46. The molecule has 1 aromatic carbocycles. The molecule has 136 valence electrons. The molecule has 0 spiro atoms. The molecular weight excluding hydrogens is 422 g/mol. The number of ether oxygens (including phenoxy) is 1. The quantitative estimate of drug-likeness (QED) is 0.380. The topological polar surface area (TPSA) is 48.9 Å². The van der Waals surface area contributed by atoms with Gasteiger partial charge in [0, 0.05) is 45.4 Å². The van der Waals surface area contributed by atoms with Crippen LogP contribution in [0.15, 0.2) is 29.3 Å². The van der Waals surface area contributed by atoms with Crippen LogP contribution in [0.2, 0.25) is 0 Å². The molecule has 0 bridgehead atoms. The average Bonchev–Trinajstić information content (AvgIpc) is 3.02. The smallest absolute Gasteiger partial charge is 0.191 e. The number of aliphatic imine (C=N–C) groups is 1. The lowest BCUT2D eigenvalue weighted by atomic mass is 10.2. The van der Waals surface area contributed by atoms with E-state index in [-0.39, 0.29) is 29.8 Å². The summed E-state index contributed by atoms with van der Waals surface area (Å²) >= 11 is 0. The summed E-state index contributed by atoms with van der Waals surface area (Å²) in [4.78, 5) is 6.65. The van der Waals surface area contributed by atoms with Gasteiger partial charge in [-0.1, -0.05) is 18.2 Å². The number of likely N-dealkylation sites (tertiary alicyclic amines) is 1. The molecule has 0 amide bonds. The van der Waals surface area contributed by atoms with E-state index in [4.69, 9.17) is 4.74 Å². The monoisotopic (exact) mass is 450 g/mol. The molecule has 2 rings (SSSR count). The Labute approximate surface area is 161 Å². The Morgan fingerprint density at radius 3 is 2.88 bits per heavy atom. The molecule has 0 aromatic heterocycles. The first kappa shape index (κ1) is 21.1. The fourth-order valence-electron chi connectivity index (χ4n) is 2.89. The minimum atomic E-state index is -0.197. The molecule has 5 nitrogen and oxygen atoms in total. The Bertz CT molecular complexity index is 515. The minimum absolute atomic E-state index is 0. The fraction of sp³-hybridized carbons (Fsp3) is 0.588. The van der Waals surface area contributed by atoms with E-state index in [9.17, 15) is 4.39 Å². The van der Waals surface area contributed by atoms with Crippen LogP contribution in [0.1, 0.15) is 18.4 Å². The number of rotatable bonds is 7. The van der Waals surface area contributed by atoms with Gasteiger partial charge in [-0.3, -0.25) is 9.89 Å². The van der Waals surface area contributed by atoms with E-state index < -0.39 is 0 Å². The molecule has 1 fully saturated rings. The van der Waals surface area contributed by atoms with Crippen LogP contribution < -0.4 is 10.6 Å². The van der Waals surface area contributed by atoms with Crippen molar-refractivity contribution in [1.29, 1.82) is 0 Å². The lowest BCUT2D eigenvalue weighted by molar-refractivity contribution is 0.141. The van der Waals surface area contributed by atoms with Gasteiger partial charge in [0.1, 0.15) is 5.82 Å². The van der Waals surface area contributed by atoms with Crippen LogP contribution in [0.25, 0.3) is 0 Å². The van der Waals surface area contributed by atoms with Gasteiger partial charge in [0.05, 0.1) is 6.61 Å². The van der Waals surface area contributed by atoms with E-state index in [0.29, 0.717) is 24.1 Å². The summed E-state index contributed by atoms with van der Waals surface area (Å²) < 4.78 is 18.8. The van der Waals surface area contributed by atoms with Crippen molar-refractivity contribution in [2.24, 2.45) is 4.99 Å². The summed E-state index contributed by atoms with van der Waals surface area (Å²) in [6.07, 6.45) is 2.40. The number of benzene rings is 1. The molecule has 24 heavy (non-hydrogen) atoms. The number of nitrogens with zero attached hydrogens (tertiary/aromatic N) is 2. The molecule has 7 heteroatoms. The molecule has 1 atom stereocenters. The van der Waals surface area contributed by atoms with Crippen molar-refractivity contribution in [2.75, 3.05) is 40.4 Å². The van der Waals surface area contributed by atoms with Crippen LogP contribution >= 0.6 is 24.0 Å². The zero-order chi connectivity index (χ0) is 16.5. The molecular formula is C17H28FIN4O. The van der Waals surface area contributed by atoms with Crippen molar-refractivity contribution in [3.05, 3.63) is 35.6 Å². The molecule has 1 heterocycles. The predicted molar refractivity (Wildman–Crippen MR) is 106 cm³/mol. The number of nitrogens with one attached hydrogen (secondary N) is 2. The van der Waals surface area contributed by atoms with E-state index in [1.165, 1.54) is 18.9 Å². The average molecular weight is 450 g/mol. The first-order valence-corrected chi connectivity index (χ1v) is 8.15. The zero-order valence-electron chi connectivity index (χ0n) is 14.4. The minimum Gasteiger partial charge on any atom is -0.383 e. The van der Waals surface area contributed by atoms with Crippen molar-refractivity contribution in [2.45, 2.75) is 25.4 Å². The second-order valence-corrected chi connectivity index (χ2v) is 5.72. The van der Waals surface area contributed by atoms with Crippen LogP contribution in [0.5, 0.6) is 0 Å². The second-order valence-electron chi connectivity index (χ2n) is 5.72. The number of hydrogen-bond acceptors (Lipinski definition) is 3. The van der Waals surface area contributed by atoms with E-state index in [2.05, 4.69) is 20.5 Å². The molecule has 0 radical (unpaired) electrons. The number of methoxy groups -OCH3 is 1. The van der Waals surface area contributed by atoms with Crippen LogP contribution in [0, 0.1) is 5.82 Å². The molecule has 1 aliphatic heterocycles. The molecule has 1 unspecified atom stereocenters. The number of halogens is 2. The van der Waals surface area contributed by atoms with Gasteiger partial charge < -0.3 is 15.4 Å². The predicted octanol–water partition coefficient (Wildman–Crippen LogP) is 2.22. The lowest BCUT2D eigenvalue weighted by Crippen LogP contribution is -2.45. The highest BCUT2D eigenvalue weighted by atomic mass is 127. The summed E-state index contributed by atoms with van der Waals surface area (Å²) in [6, 6.07) is 7.28. The summed E-state index contributed by atoms with van der Waals surface area (Å²) in [6.45, 7) is 4.10. The van der Waals surface area contributed by atoms with E-state index in [1.54, 1.807) is 26.3 Å². The Balaban J connectivity index is 0.00000288. The molecule has 1 saturated heterocycles. The Morgan fingerprint density at radius 2 is 2.17 bits per heavy atom. The van der Waals surface area contributed by atoms with Gasteiger partial charge in [-0.2, -0.15) is 0 Å². The van der Waals surface area contributed by atoms with Crippen molar-refractivity contribution in [3.8, 4) is 0 Å². The van der Waals surface area contributed by atoms with Crippen LogP contribution in [0.4, 0.5) is 4.39 Å². The van der Waals surface area contributed by atoms with Crippen LogP contribution in [-0.2, 0) is 11.3 Å². The summed E-state index contributed by atoms with van der Waals surface area (Å²) in [5.74, 6) is 0.504. The van der Waals surface area contributed by atoms with Gasteiger partial charge in [0.2, 0.25) is 0 Å². The largest absolute Gasteiger partial charge is 0.383 e. The molecule has 0 aliphatic carbocycles. The van der Waals surface area contributed by atoms with Crippen LogP contribution in [-0.4, -0.2) is 57.3 Å².